The van der Waals surface area contributed by atoms with Gasteiger partial charge in [0.05, 0.1) is 28.4 Å². The fraction of sp³-hybridized carbons (Fsp3) is 0.148. The molecule has 0 saturated heterocycles. The number of aromatic nitrogens is 2. The average molecular weight is 535 g/mol. The molecule has 10 nitrogen and oxygen atoms in total. The Morgan fingerprint density at radius 1 is 0.921 bits per heavy atom. The normalized spacial score (nSPS) is 11.1. The van der Waals surface area contributed by atoms with E-state index in [4.69, 9.17) is 4.74 Å². The predicted octanol–water partition coefficient (Wildman–Crippen LogP) is 3.71. The van der Waals surface area contributed by atoms with Gasteiger partial charge in [0, 0.05) is 18.3 Å². The lowest BCUT2D eigenvalue weighted by Gasteiger charge is -2.10. The highest BCUT2D eigenvalue weighted by atomic mass is 32.2. The van der Waals surface area contributed by atoms with Crippen molar-refractivity contribution in [3.63, 3.8) is 0 Å². The van der Waals surface area contributed by atoms with E-state index in [1.165, 1.54) is 53.2 Å². The van der Waals surface area contributed by atoms with Gasteiger partial charge in [-0.15, -0.1) is 0 Å². The smallest absolute Gasteiger partial charge is 0.338 e. The number of hydrogen-bond acceptors (Lipinski definition) is 6. The Bertz CT molecular complexity index is 1660. The first kappa shape index (κ1) is 26.4. The quantitative estimate of drug-likeness (QED) is 0.332. The zero-order chi connectivity index (χ0) is 27.4. The molecule has 0 atom stereocenters. The Labute approximate surface area is 219 Å². The highest BCUT2D eigenvalue weighted by Gasteiger charge is 2.20. The van der Waals surface area contributed by atoms with E-state index in [1.54, 1.807) is 37.7 Å². The standard InChI is InChI=1S/C27H26N4O6S/c1-4-37-27(34)19-13-15-23(16-14-19)38(35,36)29-21-10-8-9-20(17-21)25(32)28-24-18(2)30(3)31(26(24)33)22-11-6-5-7-12-22/h5-17,29H,4H2,1-3H3,(H,28,32). The molecule has 196 valence electrons. The topological polar surface area (TPSA) is 128 Å². The molecule has 0 fully saturated rings. The molecule has 0 spiro atoms. The van der Waals surface area contributed by atoms with Crippen molar-refractivity contribution in [3.05, 3.63) is 106 Å². The SMILES string of the molecule is CCOC(=O)c1ccc(S(=O)(=O)Nc2cccc(C(=O)Nc3c(C)n(C)n(-c4ccccc4)c3=O)c2)cc1. The number of sulfonamides is 1. The Hall–Kier alpha value is -4.64. The van der Waals surface area contributed by atoms with Crippen molar-refractivity contribution in [1.29, 1.82) is 0 Å². The van der Waals surface area contributed by atoms with E-state index in [0.717, 1.165) is 0 Å². The minimum atomic E-state index is -4.01. The molecule has 0 saturated carbocycles. The number of benzene rings is 3. The van der Waals surface area contributed by atoms with Crippen LogP contribution in [0.3, 0.4) is 0 Å². The summed E-state index contributed by atoms with van der Waals surface area (Å²) in [6.07, 6.45) is 0. The van der Waals surface area contributed by atoms with Crippen LogP contribution in [0.1, 0.15) is 33.3 Å². The predicted molar refractivity (Wildman–Crippen MR) is 143 cm³/mol. The van der Waals surface area contributed by atoms with E-state index in [9.17, 15) is 22.8 Å². The van der Waals surface area contributed by atoms with Crippen molar-refractivity contribution in [3.8, 4) is 5.69 Å². The van der Waals surface area contributed by atoms with Gasteiger partial charge in [0.25, 0.3) is 21.5 Å². The summed E-state index contributed by atoms with van der Waals surface area (Å²) in [5, 5.41) is 2.66. The summed E-state index contributed by atoms with van der Waals surface area (Å²) in [5.41, 5.74) is 1.45. The first-order valence-electron chi connectivity index (χ1n) is 11.7. The van der Waals surface area contributed by atoms with Crippen molar-refractivity contribution in [2.45, 2.75) is 18.7 Å². The number of carbonyl (C=O) groups is 2. The summed E-state index contributed by atoms with van der Waals surface area (Å²) in [5.74, 6) is -1.12. The van der Waals surface area contributed by atoms with Gasteiger partial charge in [0.1, 0.15) is 5.69 Å². The van der Waals surface area contributed by atoms with Crippen molar-refractivity contribution in [2.24, 2.45) is 7.05 Å². The summed E-state index contributed by atoms with van der Waals surface area (Å²) in [7, 11) is -2.29. The number of rotatable bonds is 8. The summed E-state index contributed by atoms with van der Waals surface area (Å²) >= 11 is 0. The van der Waals surface area contributed by atoms with Crippen LogP contribution in [0.2, 0.25) is 0 Å². The molecule has 0 aliphatic rings. The maximum atomic E-state index is 13.1. The average Bonchev–Trinajstić information content (AvgIpc) is 3.12. The van der Waals surface area contributed by atoms with Crippen LogP contribution in [0.15, 0.2) is 88.6 Å². The third kappa shape index (κ3) is 5.37. The molecule has 0 radical (unpaired) electrons. The first-order valence-corrected chi connectivity index (χ1v) is 13.2. The molecule has 38 heavy (non-hydrogen) atoms. The minimum Gasteiger partial charge on any atom is -0.462 e. The number of nitrogens with one attached hydrogen (secondary N) is 2. The maximum absolute atomic E-state index is 13.1. The van der Waals surface area contributed by atoms with E-state index < -0.39 is 27.5 Å². The molecular weight excluding hydrogens is 508 g/mol. The molecule has 0 bridgehead atoms. The molecule has 1 heterocycles. The van der Waals surface area contributed by atoms with Gasteiger partial charge in [-0.3, -0.25) is 19.0 Å². The molecule has 0 unspecified atom stereocenters. The third-order valence-corrected chi connectivity index (χ3v) is 7.24. The Morgan fingerprint density at radius 2 is 1.61 bits per heavy atom. The maximum Gasteiger partial charge on any atom is 0.338 e. The van der Waals surface area contributed by atoms with Gasteiger partial charge in [0.15, 0.2) is 0 Å². The lowest BCUT2D eigenvalue weighted by molar-refractivity contribution is 0.0526. The Balaban J connectivity index is 1.54. The van der Waals surface area contributed by atoms with Crippen LogP contribution in [0.5, 0.6) is 0 Å². The number of carbonyl (C=O) groups excluding carboxylic acids is 2. The minimum absolute atomic E-state index is 0.0678. The fourth-order valence-corrected chi connectivity index (χ4v) is 4.87. The monoisotopic (exact) mass is 534 g/mol. The molecule has 11 heteroatoms. The largest absolute Gasteiger partial charge is 0.462 e. The van der Waals surface area contributed by atoms with Crippen LogP contribution in [0, 0.1) is 6.92 Å². The molecule has 3 aromatic carbocycles. The van der Waals surface area contributed by atoms with Crippen molar-refractivity contribution < 1.29 is 22.7 Å². The van der Waals surface area contributed by atoms with Gasteiger partial charge in [-0.05, 0) is 68.4 Å². The lowest BCUT2D eigenvalue weighted by Crippen LogP contribution is -2.23. The van der Waals surface area contributed by atoms with Crippen LogP contribution in [0.4, 0.5) is 11.4 Å². The summed E-state index contributed by atoms with van der Waals surface area (Å²) in [4.78, 5) is 37.9. The summed E-state index contributed by atoms with van der Waals surface area (Å²) in [6, 6.07) is 20.2. The number of amides is 1. The van der Waals surface area contributed by atoms with E-state index in [0.29, 0.717) is 11.4 Å². The fourth-order valence-electron chi connectivity index (χ4n) is 3.82. The third-order valence-electron chi connectivity index (χ3n) is 5.85. The molecule has 1 aromatic heterocycles. The van der Waals surface area contributed by atoms with Crippen molar-refractivity contribution in [1.82, 2.24) is 9.36 Å². The highest BCUT2D eigenvalue weighted by molar-refractivity contribution is 7.92. The number of hydrogen-bond donors (Lipinski definition) is 2. The molecule has 4 rings (SSSR count). The van der Waals surface area contributed by atoms with Gasteiger partial charge in [-0.1, -0.05) is 24.3 Å². The highest BCUT2D eigenvalue weighted by Crippen LogP contribution is 2.20. The Kier molecular flexibility index (Phi) is 7.49. The van der Waals surface area contributed by atoms with Gasteiger partial charge in [-0.2, -0.15) is 0 Å². The summed E-state index contributed by atoms with van der Waals surface area (Å²) in [6.45, 7) is 3.60. The second-order valence-electron chi connectivity index (χ2n) is 8.32. The lowest BCUT2D eigenvalue weighted by atomic mass is 10.2. The van der Waals surface area contributed by atoms with E-state index in [-0.39, 0.29) is 34.0 Å². The number of nitrogens with zero attached hydrogens (tertiary/aromatic N) is 2. The zero-order valence-electron chi connectivity index (χ0n) is 21.0. The first-order chi connectivity index (χ1) is 18.1. The van der Waals surface area contributed by atoms with Gasteiger partial charge in [0.2, 0.25) is 0 Å². The van der Waals surface area contributed by atoms with Crippen LogP contribution in [0.25, 0.3) is 5.69 Å². The number of para-hydroxylation sites is 1. The van der Waals surface area contributed by atoms with Gasteiger partial charge < -0.3 is 10.1 Å². The molecular formula is C27H26N4O6S. The van der Waals surface area contributed by atoms with Crippen LogP contribution in [-0.2, 0) is 21.8 Å². The van der Waals surface area contributed by atoms with Crippen LogP contribution >= 0.6 is 0 Å². The molecule has 2 N–H and O–H groups in total. The summed E-state index contributed by atoms with van der Waals surface area (Å²) < 4.78 is 36.2. The molecule has 0 aliphatic carbocycles. The Morgan fingerprint density at radius 3 is 2.26 bits per heavy atom. The van der Waals surface area contributed by atoms with E-state index in [2.05, 4.69) is 10.0 Å². The van der Waals surface area contributed by atoms with Crippen LogP contribution < -0.4 is 15.6 Å². The molecule has 0 aliphatic heterocycles. The number of anilines is 2. The van der Waals surface area contributed by atoms with Crippen molar-refractivity contribution >= 4 is 33.3 Å². The molecule has 1 amide bonds. The van der Waals surface area contributed by atoms with Gasteiger partial charge in [-0.25, -0.2) is 17.9 Å². The number of esters is 1. The second-order valence-corrected chi connectivity index (χ2v) is 10.0. The van der Waals surface area contributed by atoms with Crippen LogP contribution in [-0.4, -0.2) is 36.3 Å². The molecule has 4 aromatic rings. The second kappa shape index (κ2) is 10.8. The zero-order valence-corrected chi connectivity index (χ0v) is 21.8. The van der Waals surface area contributed by atoms with E-state index in [1.807, 2.05) is 18.2 Å². The van der Waals surface area contributed by atoms with Crippen molar-refractivity contribution in [2.75, 3.05) is 16.6 Å². The van der Waals surface area contributed by atoms with E-state index >= 15 is 0 Å². The van der Waals surface area contributed by atoms with Gasteiger partial charge >= 0.3 is 5.97 Å². The number of ether oxygens (including phenoxy) is 1.